The summed E-state index contributed by atoms with van der Waals surface area (Å²) in [5.41, 5.74) is 0.959. The molecule has 0 N–H and O–H groups in total. The van der Waals surface area contributed by atoms with Crippen molar-refractivity contribution >= 4 is 27.3 Å². The summed E-state index contributed by atoms with van der Waals surface area (Å²) in [5.74, 6) is 1.03. The quantitative estimate of drug-likeness (QED) is 0.869. The predicted molar refractivity (Wildman–Crippen MR) is 81.4 cm³/mol. The van der Waals surface area contributed by atoms with Gasteiger partial charge in [-0.2, -0.15) is 0 Å². The molecular formula is C16H16O3S. The van der Waals surface area contributed by atoms with Crippen LogP contribution in [0.3, 0.4) is 0 Å². The fraction of sp³-hybridized carbons (Fsp3) is 0.250. The molecule has 0 radical (unpaired) electrons. The Kier molecular flexibility index (Phi) is 3.85. The molecule has 2 atom stereocenters. The first-order valence-electron chi connectivity index (χ1n) is 6.63. The van der Waals surface area contributed by atoms with Crippen molar-refractivity contribution in [2.75, 3.05) is 12.4 Å². The van der Waals surface area contributed by atoms with Gasteiger partial charge in [0.25, 0.3) is 0 Å². The number of hydrogen-bond donors (Lipinski definition) is 0. The molecule has 0 fully saturated rings. The second-order valence-corrected chi connectivity index (χ2v) is 5.89. The zero-order chi connectivity index (χ0) is 13.9. The number of rotatable bonds is 3. The van der Waals surface area contributed by atoms with E-state index < -0.39 is 17.1 Å². The van der Waals surface area contributed by atoms with Crippen LogP contribution in [0.1, 0.15) is 12.5 Å². The highest BCUT2D eigenvalue weighted by Gasteiger charge is 2.23. The van der Waals surface area contributed by atoms with Gasteiger partial charge in [0, 0.05) is 17.6 Å². The van der Waals surface area contributed by atoms with E-state index in [0.717, 1.165) is 16.3 Å². The smallest absolute Gasteiger partial charge is 0.211 e. The molecule has 0 amide bonds. The molecule has 20 heavy (non-hydrogen) atoms. The van der Waals surface area contributed by atoms with Gasteiger partial charge in [0.15, 0.2) is 0 Å². The van der Waals surface area contributed by atoms with Crippen molar-refractivity contribution < 1.29 is 13.7 Å². The molecule has 0 aromatic heterocycles. The highest BCUT2D eigenvalue weighted by atomic mass is 32.2. The lowest BCUT2D eigenvalue weighted by molar-refractivity contribution is -0.0765. The maximum Gasteiger partial charge on any atom is 0.211 e. The van der Waals surface area contributed by atoms with Gasteiger partial charge in [-0.25, -0.2) is 0 Å². The Morgan fingerprint density at radius 2 is 2.05 bits per heavy atom. The molecule has 4 heteroatoms. The summed E-state index contributed by atoms with van der Waals surface area (Å²) < 4.78 is 23.2. The number of benzene rings is 2. The lowest BCUT2D eigenvalue weighted by Gasteiger charge is -2.24. The van der Waals surface area contributed by atoms with Crippen LogP contribution in [0.25, 0.3) is 16.5 Å². The second kappa shape index (κ2) is 5.77. The number of ether oxygens (including phenoxy) is 2. The van der Waals surface area contributed by atoms with Gasteiger partial charge in [0.05, 0.1) is 16.6 Å². The molecule has 104 valence electrons. The average Bonchev–Trinajstić information content (AvgIpc) is 2.46. The first kappa shape index (κ1) is 13.3. The Morgan fingerprint density at radius 3 is 2.90 bits per heavy atom. The summed E-state index contributed by atoms with van der Waals surface area (Å²) in [6, 6.07) is 14.1. The van der Waals surface area contributed by atoms with Gasteiger partial charge in [-0.05, 0) is 17.7 Å². The van der Waals surface area contributed by atoms with Crippen LogP contribution in [0, 0.1) is 0 Å². The van der Waals surface area contributed by atoms with E-state index in [0.29, 0.717) is 18.1 Å². The molecule has 0 saturated carbocycles. The van der Waals surface area contributed by atoms with Crippen LogP contribution in [0.4, 0.5) is 0 Å². The largest absolute Gasteiger partial charge is 0.463 e. The molecule has 0 bridgehead atoms. The van der Waals surface area contributed by atoms with E-state index in [1.807, 2.05) is 37.3 Å². The fourth-order valence-corrected chi connectivity index (χ4v) is 3.29. The van der Waals surface area contributed by atoms with Crippen molar-refractivity contribution in [3.63, 3.8) is 0 Å². The minimum Gasteiger partial charge on any atom is -0.463 e. The summed E-state index contributed by atoms with van der Waals surface area (Å²) in [6.45, 7) is 2.45. The Balaban J connectivity index is 2.04. The molecule has 1 aliphatic heterocycles. The first-order chi connectivity index (χ1) is 9.78. The molecule has 0 saturated heterocycles. The van der Waals surface area contributed by atoms with Crippen molar-refractivity contribution in [2.24, 2.45) is 0 Å². The van der Waals surface area contributed by atoms with Crippen molar-refractivity contribution in [3.05, 3.63) is 53.4 Å². The highest BCUT2D eigenvalue weighted by molar-refractivity contribution is 7.88. The first-order valence-corrected chi connectivity index (χ1v) is 8.01. The van der Waals surface area contributed by atoms with Crippen molar-refractivity contribution in [2.45, 2.75) is 13.2 Å². The van der Waals surface area contributed by atoms with Gasteiger partial charge in [-0.1, -0.05) is 42.5 Å². The maximum absolute atomic E-state index is 11.9. The molecule has 3 nitrogen and oxygen atoms in total. The van der Waals surface area contributed by atoms with E-state index in [-0.39, 0.29) is 0 Å². The Hall–Kier alpha value is -1.65. The summed E-state index contributed by atoms with van der Waals surface area (Å²) in [4.78, 5) is 0. The molecule has 2 aromatic rings. The third kappa shape index (κ3) is 2.62. The Labute approximate surface area is 120 Å². The van der Waals surface area contributed by atoms with Crippen LogP contribution in [-0.4, -0.2) is 22.9 Å². The molecule has 3 rings (SSSR count). The zero-order valence-electron chi connectivity index (χ0n) is 11.2. The fourth-order valence-electron chi connectivity index (χ4n) is 2.34. The topological polar surface area (TPSA) is 35.5 Å². The Morgan fingerprint density at radius 1 is 1.25 bits per heavy atom. The maximum atomic E-state index is 11.9. The van der Waals surface area contributed by atoms with Crippen LogP contribution in [0.2, 0.25) is 0 Å². The van der Waals surface area contributed by atoms with E-state index in [4.69, 9.17) is 9.47 Å². The summed E-state index contributed by atoms with van der Waals surface area (Å²) in [6.07, 6.45) is -0.431. The van der Waals surface area contributed by atoms with Crippen molar-refractivity contribution in [1.82, 2.24) is 0 Å². The van der Waals surface area contributed by atoms with Gasteiger partial charge in [-0.15, -0.1) is 0 Å². The third-order valence-electron chi connectivity index (χ3n) is 3.20. The minimum atomic E-state index is -1.06. The lowest BCUT2D eigenvalue weighted by atomic mass is 10.0. The van der Waals surface area contributed by atoms with E-state index >= 15 is 0 Å². The SMILES string of the molecule is CCO[C@@H]1CS(=O)C=C(c2cccc3ccccc23)O1. The lowest BCUT2D eigenvalue weighted by Crippen LogP contribution is -2.27. The normalized spacial score (nSPS) is 22.4. The number of hydrogen-bond acceptors (Lipinski definition) is 3. The third-order valence-corrected chi connectivity index (χ3v) is 4.28. The van der Waals surface area contributed by atoms with E-state index in [1.54, 1.807) is 5.41 Å². The second-order valence-electron chi connectivity index (χ2n) is 4.56. The van der Waals surface area contributed by atoms with Crippen molar-refractivity contribution in [3.8, 4) is 0 Å². The molecular weight excluding hydrogens is 272 g/mol. The van der Waals surface area contributed by atoms with E-state index in [2.05, 4.69) is 12.1 Å². The van der Waals surface area contributed by atoms with Crippen LogP contribution in [0.15, 0.2) is 47.9 Å². The number of fused-ring (bicyclic) bond motifs is 1. The van der Waals surface area contributed by atoms with Gasteiger partial charge < -0.3 is 9.47 Å². The van der Waals surface area contributed by atoms with Gasteiger partial charge >= 0.3 is 0 Å². The van der Waals surface area contributed by atoms with Crippen molar-refractivity contribution in [1.29, 1.82) is 0 Å². The Bertz CT molecular complexity index is 673. The monoisotopic (exact) mass is 288 g/mol. The highest BCUT2D eigenvalue weighted by Crippen LogP contribution is 2.29. The summed E-state index contributed by atoms with van der Waals surface area (Å²) in [7, 11) is -1.06. The summed E-state index contributed by atoms with van der Waals surface area (Å²) in [5, 5.41) is 3.91. The van der Waals surface area contributed by atoms with E-state index in [9.17, 15) is 4.21 Å². The van der Waals surface area contributed by atoms with Crippen LogP contribution >= 0.6 is 0 Å². The van der Waals surface area contributed by atoms with Crippen LogP contribution in [-0.2, 0) is 20.3 Å². The van der Waals surface area contributed by atoms with Crippen LogP contribution < -0.4 is 0 Å². The van der Waals surface area contributed by atoms with Crippen LogP contribution in [0.5, 0.6) is 0 Å². The standard InChI is InChI=1S/C16H16O3S/c1-2-18-16-11-20(17)10-15(19-16)14-9-5-7-12-6-3-4-8-13(12)14/h3-10,16H,2,11H2,1H3/t16-,20?/m0/s1. The van der Waals surface area contributed by atoms with E-state index in [1.165, 1.54) is 0 Å². The van der Waals surface area contributed by atoms with Gasteiger partial charge in [-0.3, -0.25) is 4.21 Å². The van der Waals surface area contributed by atoms with Gasteiger partial charge in [0.2, 0.25) is 6.29 Å². The molecule has 1 unspecified atom stereocenters. The molecule has 0 spiro atoms. The molecule has 1 aliphatic rings. The molecule has 1 heterocycles. The zero-order valence-corrected chi connectivity index (χ0v) is 12.1. The molecule has 0 aliphatic carbocycles. The van der Waals surface area contributed by atoms with Gasteiger partial charge in [0.1, 0.15) is 5.76 Å². The minimum absolute atomic E-state index is 0.391. The predicted octanol–water partition coefficient (Wildman–Crippen LogP) is 3.28. The summed E-state index contributed by atoms with van der Waals surface area (Å²) >= 11 is 0. The average molecular weight is 288 g/mol. The molecule has 2 aromatic carbocycles.